The number of rotatable bonds is 4. The van der Waals surface area contributed by atoms with Crippen LogP contribution in [-0.4, -0.2) is 38.5 Å². The SMILES string of the molecule is CSc1nc2ncnc(NC3(CO)CCCC3)c2s1. The van der Waals surface area contributed by atoms with Crippen LogP contribution >= 0.6 is 23.1 Å². The molecule has 7 heteroatoms. The van der Waals surface area contributed by atoms with Gasteiger partial charge in [-0.3, -0.25) is 0 Å². The lowest BCUT2D eigenvalue weighted by molar-refractivity contribution is 0.214. The zero-order valence-electron chi connectivity index (χ0n) is 10.7. The van der Waals surface area contributed by atoms with Crippen LogP contribution in [0.4, 0.5) is 5.82 Å². The second-order valence-corrected chi connectivity index (χ2v) is 6.88. The summed E-state index contributed by atoms with van der Waals surface area (Å²) in [6.45, 7) is 0.146. The summed E-state index contributed by atoms with van der Waals surface area (Å²) in [5, 5.41) is 13.1. The van der Waals surface area contributed by atoms with Gasteiger partial charge in [-0.05, 0) is 19.1 Å². The van der Waals surface area contributed by atoms with E-state index in [0.29, 0.717) is 0 Å². The fraction of sp³-hybridized carbons (Fsp3) is 0.583. The highest BCUT2D eigenvalue weighted by Gasteiger charge is 2.34. The Kier molecular flexibility index (Phi) is 3.60. The molecule has 0 aromatic carbocycles. The Labute approximate surface area is 119 Å². The predicted molar refractivity (Wildman–Crippen MR) is 78.9 cm³/mol. The van der Waals surface area contributed by atoms with Crippen LogP contribution in [0.2, 0.25) is 0 Å². The number of fused-ring (bicyclic) bond motifs is 1. The largest absolute Gasteiger partial charge is 0.394 e. The summed E-state index contributed by atoms with van der Waals surface area (Å²) >= 11 is 3.21. The van der Waals surface area contributed by atoms with Crippen molar-refractivity contribution in [3.8, 4) is 0 Å². The Hall–Kier alpha value is -0.920. The molecule has 2 N–H and O–H groups in total. The molecule has 2 aromatic heterocycles. The van der Waals surface area contributed by atoms with Gasteiger partial charge in [-0.15, -0.1) is 11.3 Å². The summed E-state index contributed by atoms with van der Waals surface area (Å²) in [5.74, 6) is 0.804. The van der Waals surface area contributed by atoms with Crippen LogP contribution in [0.5, 0.6) is 0 Å². The lowest BCUT2D eigenvalue weighted by Gasteiger charge is -2.28. The molecule has 0 spiro atoms. The van der Waals surface area contributed by atoms with Gasteiger partial charge in [-0.2, -0.15) is 0 Å². The summed E-state index contributed by atoms with van der Waals surface area (Å²) in [5.41, 5.74) is 0.517. The molecule has 0 saturated heterocycles. The first-order valence-corrected chi connectivity index (χ1v) is 8.35. The summed E-state index contributed by atoms with van der Waals surface area (Å²) in [7, 11) is 0. The van der Waals surface area contributed by atoms with Gasteiger partial charge in [0.05, 0.1) is 12.1 Å². The average Bonchev–Trinajstić information content (AvgIpc) is 3.06. The number of thioether (sulfide) groups is 1. The van der Waals surface area contributed by atoms with E-state index >= 15 is 0 Å². The molecule has 0 radical (unpaired) electrons. The maximum absolute atomic E-state index is 9.68. The lowest BCUT2D eigenvalue weighted by atomic mass is 9.99. The number of nitrogens with one attached hydrogen (secondary N) is 1. The predicted octanol–water partition coefficient (Wildman–Crippen LogP) is 2.53. The number of anilines is 1. The summed E-state index contributed by atoms with van der Waals surface area (Å²) in [6.07, 6.45) is 7.83. The first-order valence-electron chi connectivity index (χ1n) is 6.31. The Balaban J connectivity index is 1.98. The van der Waals surface area contributed by atoms with Crippen LogP contribution in [0, 0.1) is 0 Å². The van der Waals surface area contributed by atoms with E-state index in [1.807, 2.05) is 6.26 Å². The van der Waals surface area contributed by atoms with Gasteiger partial charge in [0.15, 0.2) is 9.99 Å². The van der Waals surface area contributed by atoms with Crippen LogP contribution in [0.25, 0.3) is 10.3 Å². The minimum atomic E-state index is -0.217. The zero-order chi connectivity index (χ0) is 13.3. The van der Waals surface area contributed by atoms with Crippen molar-refractivity contribution in [1.82, 2.24) is 15.0 Å². The molecular weight excluding hydrogens is 280 g/mol. The first-order chi connectivity index (χ1) is 9.26. The van der Waals surface area contributed by atoms with Crippen molar-refractivity contribution in [3.63, 3.8) is 0 Å². The molecular formula is C12H16N4OS2. The zero-order valence-corrected chi connectivity index (χ0v) is 12.4. The van der Waals surface area contributed by atoms with Crippen molar-refractivity contribution < 1.29 is 5.11 Å². The molecule has 1 fully saturated rings. The van der Waals surface area contributed by atoms with Crippen molar-refractivity contribution >= 4 is 39.3 Å². The molecule has 1 aliphatic rings. The first kappa shape index (κ1) is 13.1. The molecule has 1 saturated carbocycles. The highest BCUT2D eigenvalue weighted by Crippen LogP contribution is 2.36. The highest BCUT2D eigenvalue weighted by molar-refractivity contribution is 8.00. The molecule has 2 heterocycles. The molecule has 0 amide bonds. The Morgan fingerprint density at radius 2 is 2.21 bits per heavy atom. The third-order valence-corrected chi connectivity index (χ3v) is 5.63. The lowest BCUT2D eigenvalue weighted by Crippen LogP contribution is -2.39. The van der Waals surface area contributed by atoms with Crippen LogP contribution < -0.4 is 5.32 Å². The number of thiazole rings is 1. The summed E-state index contributed by atoms with van der Waals surface area (Å²) in [6, 6.07) is 0. The van der Waals surface area contributed by atoms with Crippen LogP contribution in [0.3, 0.4) is 0 Å². The number of hydrogen-bond acceptors (Lipinski definition) is 7. The van der Waals surface area contributed by atoms with E-state index in [4.69, 9.17) is 0 Å². The van der Waals surface area contributed by atoms with Crippen molar-refractivity contribution in [2.24, 2.45) is 0 Å². The minimum absolute atomic E-state index is 0.146. The maximum Gasteiger partial charge on any atom is 0.176 e. The number of aromatic nitrogens is 3. The van der Waals surface area contributed by atoms with E-state index in [1.54, 1.807) is 23.1 Å². The quantitative estimate of drug-likeness (QED) is 0.845. The minimum Gasteiger partial charge on any atom is -0.394 e. The van der Waals surface area contributed by atoms with Crippen molar-refractivity contribution in [3.05, 3.63) is 6.33 Å². The van der Waals surface area contributed by atoms with Crippen molar-refractivity contribution in [2.75, 3.05) is 18.2 Å². The Morgan fingerprint density at radius 1 is 1.42 bits per heavy atom. The van der Waals surface area contributed by atoms with Gasteiger partial charge in [-0.1, -0.05) is 24.6 Å². The van der Waals surface area contributed by atoms with E-state index in [-0.39, 0.29) is 12.1 Å². The molecule has 0 atom stereocenters. The van der Waals surface area contributed by atoms with Crippen molar-refractivity contribution in [1.29, 1.82) is 0 Å². The molecule has 5 nitrogen and oxygen atoms in total. The average molecular weight is 296 g/mol. The third kappa shape index (κ3) is 2.42. The van der Waals surface area contributed by atoms with E-state index in [1.165, 1.54) is 6.33 Å². The van der Waals surface area contributed by atoms with E-state index in [0.717, 1.165) is 46.2 Å². The van der Waals surface area contributed by atoms with E-state index < -0.39 is 0 Å². The monoisotopic (exact) mass is 296 g/mol. The fourth-order valence-electron chi connectivity index (χ4n) is 2.54. The Bertz CT molecular complexity index is 580. The highest BCUT2D eigenvalue weighted by atomic mass is 32.2. The molecule has 1 aliphatic carbocycles. The Morgan fingerprint density at radius 3 is 2.89 bits per heavy atom. The van der Waals surface area contributed by atoms with Gasteiger partial charge < -0.3 is 10.4 Å². The van der Waals surface area contributed by atoms with Gasteiger partial charge in [0.25, 0.3) is 0 Å². The molecule has 102 valence electrons. The summed E-state index contributed by atoms with van der Waals surface area (Å²) in [4.78, 5) is 13.0. The van der Waals surface area contributed by atoms with Crippen LogP contribution in [0.15, 0.2) is 10.7 Å². The normalized spacial score (nSPS) is 18.0. The van der Waals surface area contributed by atoms with Gasteiger partial charge in [-0.25, -0.2) is 15.0 Å². The molecule has 0 bridgehead atoms. The number of aliphatic hydroxyl groups is 1. The smallest absolute Gasteiger partial charge is 0.176 e. The van der Waals surface area contributed by atoms with Crippen LogP contribution in [-0.2, 0) is 0 Å². The standard InChI is InChI=1S/C12H16N4OS2/c1-18-11-15-9-8(19-11)10(14-7-13-9)16-12(6-17)4-2-3-5-12/h7,17H,2-6H2,1H3,(H,13,14,16). The molecule has 2 aromatic rings. The molecule has 19 heavy (non-hydrogen) atoms. The fourth-order valence-corrected chi connectivity index (χ4v) is 3.99. The molecule has 3 rings (SSSR count). The van der Waals surface area contributed by atoms with Gasteiger partial charge in [0, 0.05) is 0 Å². The number of nitrogens with zero attached hydrogens (tertiary/aromatic N) is 3. The van der Waals surface area contributed by atoms with Gasteiger partial charge in [0.2, 0.25) is 0 Å². The third-order valence-electron chi connectivity index (χ3n) is 3.59. The van der Waals surface area contributed by atoms with Gasteiger partial charge >= 0.3 is 0 Å². The maximum atomic E-state index is 9.68. The molecule has 0 aliphatic heterocycles. The number of aliphatic hydroxyl groups excluding tert-OH is 1. The number of hydrogen-bond donors (Lipinski definition) is 2. The van der Waals surface area contributed by atoms with Crippen LogP contribution in [0.1, 0.15) is 25.7 Å². The van der Waals surface area contributed by atoms with E-state index in [2.05, 4.69) is 20.3 Å². The van der Waals surface area contributed by atoms with Gasteiger partial charge in [0.1, 0.15) is 16.8 Å². The molecule has 0 unspecified atom stereocenters. The van der Waals surface area contributed by atoms with Crippen molar-refractivity contribution in [2.45, 2.75) is 35.6 Å². The van der Waals surface area contributed by atoms with E-state index in [9.17, 15) is 5.11 Å². The second kappa shape index (κ2) is 5.22. The second-order valence-electron chi connectivity index (χ2n) is 4.83. The topological polar surface area (TPSA) is 70.9 Å². The summed E-state index contributed by atoms with van der Waals surface area (Å²) < 4.78 is 1.97.